The van der Waals surface area contributed by atoms with Crippen molar-refractivity contribution in [1.29, 1.82) is 0 Å². The van der Waals surface area contributed by atoms with Crippen LogP contribution in [-0.2, 0) is 0 Å². The Bertz CT molecular complexity index is 216. The Balaban J connectivity index is 2.05. The van der Waals surface area contributed by atoms with E-state index in [4.69, 9.17) is 5.11 Å². The molecule has 1 fully saturated rings. The number of hydrogen-bond acceptors (Lipinski definition) is 3. The van der Waals surface area contributed by atoms with Crippen molar-refractivity contribution in [2.75, 3.05) is 32.8 Å². The molecule has 3 nitrogen and oxygen atoms in total. The summed E-state index contributed by atoms with van der Waals surface area (Å²) in [4.78, 5) is 1.48. The van der Waals surface area contributed by atoms with Crippen LogP contribution in [0.3, 0.4) is 0 Å². The molecule has 18 heavy (non-hydrogen) atoms. The third kappa shape index (κ3) is 7.18. The van der Waals surface area contributed by atoms with Crippen molar-refractivity contribution >= 4 is 0 Å². The number of hydrogen-bond donors (Lipinski definition) is 2. The van der Waals surface area contributed by atoms with Gasteiger partial charge in [0.15, 0.2) is 0 Å². The second-order valence-electron chi connectivity index (χ2n) is 4.90. The summed E-state index contributed by atoms with van der Waals surface area (Å²) in [7, 11) is 0. The van der Waals surface area contributed by atoms with Crippen LogP contribution in [-0.4, -0.2) is 55.0 Å². The van der Waals surface area contributed by atoms with Gasteiger partial charge in [-0.2, -0.15) is 13.2 Å². The monoisotopic (exact) mass is 268 g/mol. The van der Waals surface area contributed by atoms with E-state index >= 15 is 0 Å². The van der Waals surface area contributed by atoms with Crippen LogP contribution in [0.25, 0.3) is 0 Å². The normalized spacial score (nSPS) is 19.3. The Hall–Kier alpha value is -0.330. The first-order chi connectivity index (χ1) is 8.51. The van der Waals surface area contributed by atoms with Gasteiger partial charge in [-0.05, 0) is 51.7 Å². The summed E-state index contributed by atoms with van der Waals surface area (Å²) in [5.74, 6) is 0. The smallest absolute Gasteiger partial charge is 0.396 e. The van der Waals surface area contributed by atoms with Crippen molar-refractivity contribution < 1.29 is 18.3 Å². The molecule has 1 aliphatic heterocycles. The highest BCUT2D eigenvalue weighted by Crippen LogP contribution is 2.19. The molecule has 0 amide bonds. The van der Waals surface area contributed by atoms with E-state index in [9.17, 15) is 13.2 Å². The van der Waals surface area contributed by atoms with E-state index in [2.05, 4.69) is 5.32 Å². The van der Waals surface area contributed by atoms with E-state index in [-0.39, 0.29) is 6.61 Å². The summed E-state index contributed by atoms with van der Waals surface area (Å²) in [6.07, 6.45) is 0.335. The zero-order valence-corrected chi connectivity index (χ0v) is 10.7. The summed E-state index contributed by atoms with van der Waals surface area (Å²) in [6.45, 7) is 1.39. The maximum absolute atomic E-state index is 12.2. The van der Waals surface area contributed by atoms with Crippen LogP contribution in [0.1, 0.15) is 32.1 Å². The lowest BCUT2D eigenvalue weighted by Crippen LogP contribution is -2.45. The summed E-state index contributed by atoms with van der Waals surface area (Å²) in [5.41, 5.74) is 0. The van der Waals surface area contributed by atoms with E-state index in [1.165, 1.54) is 4.90 Å². The summed E-state index contributed by atoms with van der Waals surface area (Å²) >= 11 is 0. The predicted molar refractivity (Wildman–Crippen MR) is 64.5 cm³/mol. The fourth-order valence-corrected chi connectivity index (χ4v) is 2.27. The lowest BCUT2D eigenvalue weighted by Gasteiger charge is -2.32. The highest BCUT2D eigenvalue weighted by Gasteiger charge is 2.32. The Morgan fingerprint density at radius 2 is 1.78 bits per heavy atom. The second-order valence-corrected chi connectivity index (χ2v) is 4.90. The number of aliphatic hydroxyl groups excluding tert-OH is 1. The average molecular weight is 268 g/mol. The molecule has 0 aromatic carbocycles. The SMILES string of the molecule is OCCCCCNC1CCN(CC(F)(F)F)CC1. The standard InChI is InChI=1S/C12H23F3N2O/c13-12(14,15)10-17-7-4-11(5-8-17)16-6-2-1-3-9-18/h11,16,18H,1-10H2. The van der Waals surface area contributed by atoms with Crippen molar-refractivity contribution in [3.8, 4) is 0 Å². The molecular weight excluding hydrogens is 245 g/mol. The number of piperidine rings is 1. The largest absolute Gasteiger partial charge is 0.401 e. The Labute approximate surface area is 106 Å². The molecule has 1 rings (SSSR count). The summed E-state index contributed by atoms with van der Waals surface area (Å²) < 4.78 is 36.5. The van der Waals surface area contributed by atoms with Crippen LogP contribution in [0.4, 0.5) is 13.2 Å². The molecule has 0 spiro atoms. The highest BCUT2D eigenvalue weighted by atomic mass is 19.4. The van der Waals surface area contributed by atoms with E-state index in [1.807, 2.05) is 0 Å². The van der Waals surface area contributed by atoms with Gasteiger partial charge in [-0.3, -0.25) is 4.90 Å². The number of alkyl halides is 3. The molecule has 1 heterocycles. The third-order valence-corrected chi connectivity index (χ3v) is 3.26. The number of halogens is 3. The quantitative estimate of drug-likeness (QED) is 0.691. The maximum Gasteiger partial charge on any atom is 0.401 e. The molecule has 0 aromatic rings. The Morgan fingerprint density at radius 3 is 2.33 bits per heavy atom. The van der Waals surface area contributed by atoms with E-state index in [0.29, 0.717) is 19.1 Å². The minimum Gasteiger partial charge on any atom is -0.396 e. The van der Waals surface area contributed by atoms with Gasteiger partial charge >= 0.3 is 6.18 Å². The zero-order chi connectivity index (χ0) is 13.4. The molecule has 1 saturated heterocycles. The van der Waals surface area contributed by atoms with Crippen LogP contribution in [0.5, 0.6) is 0 Å². The molecule has 6 heteroatoms. The van der Waals surface area contributed by atoms with Gasteiger partial charge in [0.05, 0.1) is 6.54 Å². The van der Waals surface area contributed by atoms with Gasteiger partial charge in [0.2, 0.25) is 0 Å². The number of nitrogens with one attached hydrogen (secondary N) is 1. The van der Waals surface area contributed by atoms with E-state index < -0.39 is 12.7 Å². The summed E-state index contributed by atoms with van der Waals surface area (Å²) in [6, 6.07) is 0.351. The van der Waals surface area contributed by atoms with Gasteiger partial charge in [0, 0.05) is 12.6 Å². The van der Waals surface area contributed by atoms with Gasteiger partial charge in [0.25, 0.3) is 0 Å². The van der Waals surface area contributed by atoms with Crippen molar-refractivity contribution in [3.63, 3.8) is 0 Å². The van der Waals surface area contributed by atoms with Crippen LogP contribution in [0.2, 0.25) is 0 Å². The molecule has 0 aromatic heterocycles. The van der Waals surface area contributed by atoms with E-state index in [0.717, 1.165) is 38.6 Å². The number of nitrogens with zero attached hydrogens (tertiary/aromatic N) is 1. The van der Waals surface area contributed by atoms with Gasteiger partial charge in [-0.15, -0.1) is 0 Å². The molecule has 0 radical (unpaired) electrons. The lowest BCUT2D eigenvalue weighted by molar-refractivity contribution is -0.148. The second kappa shape index (κ2) is 7.96. The predicted octanol–water partition coefficient (Wildman–Crippen LogP) is 1.77. The van der Waals surface area contributed by atoms with E-state index in [1.54, 1.807) is 0 Å². The molecule has 1 aliphatic rings. The molecule has 0 unspecified atom stereocenters. The Kier molecular flexibility index (Phi) is 6.96. The Morgan fingerprint density at radius 1 is 1.11 bits per heavy atom. The lowest BCUT2D eigenvalue weighted by atomic mass is 10.0. The minimum absolute atomic E-state index is 0.232. The minimum atomic E-state index is -4.08. The zero-order valence-electron chi connectivity index (χ0n) is 10.7. The molecular formula is C12H23F3N2O. The average Bonchev–Trinajstić information content (AvgIpc) is 2.29. The highest BCUT2D eigenvalue weighted by molar-refractivity contribution is 4.78. The van der Waals surface area contributed by atoms with Gasteiger partial charge in [0.1, 0.15) is 0 Å². The van der Waals surface area contributed by atoms with Crippen molar-refractivity contribution in [2.45, 2.75) is 44.3 Å². The van der Waals surface area contributed by atoms with Gasteiger partial charge in [-0.25, -0.2) is 0 Å². The number of unbranched alkanes of at least 4 members (excludes halogenated alkanes) is 2. The first kappa shape index (κ1) is 15.7. The fourth-order valence-electron chi connectivity index (χ4n) is 2.27. The van der Waals surface area contributed by atoms with Crippen molar-refractivity contribution in [2.24, 2.45) is 0 Å². The molecule has 0 bridgehead atoms. The molecule has 2 N–H and O–H groups in total. The number of rotatable bonds is 7. The number of likely N-dealkylation sites (tertiary alicyclic amines) is 1. The van der Waals surface area contributed by atoms with Crippen LogP contribution in [0.15, 0.2) is 0 Å². The molecule has 108 valence electrons. The third-order valence-electron chi connectivity index (χ3n) is 3.26. The molecule has 0 aliphatic carbocycles. The maximum atomic E-state index is 12.2. The first-order valence-electron chi connectivity index (χ1n) is 6.64. The topological polar surface area (TPSA) is 35.5 Å². The van der Waals surface area contributed by atoms with Crippen molar-refractivity contribution in [3.05, 3.63) is 0 Å². The number of aliphatic hydroxyl groups is 1. The van der Waals surface area contributed by atoms with Gasteiger partial charge < -0.3 is 10.4 Å². The fraction of sp³-hybridized carbons (Fsp3) is 1.00. The molecule has 0 saturated carbocycles. The van der Waals surface area contributed by atoms with Crippen LogP contribution in [0, 0.1) is 0 Å². The van der Waals surface area contributed by atoms with Crippen LogP contribution >= 0.6 is 0 Å². The van der Waals surface area contributed by atoms with Gasteiger partial charge in [-0.1, -0.05) is 0 Å². The van der Waals surface area contributed by atoms with Crippen LogP contribution < -0.4 is 5.32 Å². The summed E-state index contributed by atoms with van der Waals surface area (Å²) in [5, 5.41) is 12.0. The van der Waals surface area contributed by atoms with Crippen molar-refractivity contribution in [1.82, 2.24) is 10.2 Å². The molecule has 0 atom stereocenters. The first-order valence-corrected chi connectivity index (χ1v) is 6.64.